The van der Waals surface area contributed by atoms with Gasteiger partial charge in [-0.25, -0.2) is 4.39 Å². The van der Waals surface area contributed by atoms with Crippen molar-refractivity contribution in [1.29, 1.82) is 0 Å². The smallest absolute Gasteiger partial charge is 0.489 e. The standard InChI is InChI=1S/C13H9BClF4O.K/c15-13-7-11(16)5-4-9(13)8-20-12-3-1-2-10(6-12)14(17,18)19;/h1-7H,8H2;/q-1;+1. The van der Waals surface area contributed by atoms with Gasteiger partial charge in [-0.05, 0) is 24.3 Å². The SMILES string of the molecule is Fc1ccc(COc2cccc([B-](F)(F)F)c2)c(Cl)c1.[K+]. The molecule has 0 amide bonds. The van der Waals surface area contributed by atoms with Crippen LogP contribution in [-0.2, 0) is 6.61 Å². The Labute approximate surface area is 167 Å². The summed E-state index contributed by atoms with van der Waals surface area (Å²) >= 11 is 5.80. The van der Waals surface area contributed by atoms with E-state index in [1.165, 1.54) is 24.3 Å². The largest absolute Gasteiger partial charge is 1.00 e. The van der Waals surface area contributed by atoms with Crippen molar-refractivity contribution in [3.8, 4) is 5.75 Å². The molecule has 2 aromatic carbocycles. The fraction of sp³-hybridized carbons (Fsp3) is 0.0769. The molecule has 8 heteroatoms. The fourth-order valence-corrected chi connectivity index (χ4v) is 1.83. The predicted octanol–water partition coefficient (Wildman–Crippen LogP) is 1.12. The Morgan fingerprint density at radius 2 is 1.76 bits per heavy atom. The molecule has 0 fully saturated rings. The molecule has 21 heavy (non-hydrogen) atoms. The summed E-state index contributed by atoms with van der Waals surface area (Å²) < 4.78 is 55.8. The van der Waals surface area contributed by atoms with E-state index in [0.29, 0.717) is 5.56 Å². The van der Waals surface area contributed by atoms with E-state index in [-0.39, 0.29) is 68.8 Å². The molecule has 0 radical (unpaired) electrons. The molecule has 0 aliphatic heterocycles. The van der Waals surface area contributed by atoms with Gasteiger partial charge in [-0.15, -0.1) is 5.46 Å². The molecule has 2 aromatic rings. The van der Waals surface area contributed by atoms with E-state index in [0.717, 1.165) is 18.2 Å². The number of benzene rings is 2. The molecule has 1 nitrogen and oxygen atoms in total. The van der Waals surface area contributed by atoms with Crippen molar-refractivity contribution >= 4 is 24.0 Å². The minimum absolute atomic E-state index is 0. The number of hydrogen-bond donors (Lipinski definition) is 0. The van der Waals surface area contributed by atoms with Crippen LogP contribution >= 0.6 is 11.6 Å². The first-order chi connectivity index (χ1) is 9.36. The first-order valence-electron chi connectivity index (χ1n) is 5.73. The first kappa shape index (κ1) is 19.0. The first-order valence-corrected chi connectivity index (χ1v) is 6.11. The van der Waals surface area contributed by atoms with Gasteiger partial charge in [0.2, 0.25) is 0 Å². The monoisotopic (exact) mass is 342 g/mol. The quantitative estimate of drug-likeness (QED) is 0.598. The van der Waals surface area contributed by atoms with Crippen LogP contribution in [0.25, 0.3) is 0 Å². The van der Waals surface area contributed by atoms with Crippen molar-refractivity contribution in [2.75, 3.05) is 0 Å². The van der Waals surface area contributed by atoms with Crippen LogP contribution in [0.3, 0.4) is 0 Å². The van der Waals surface area contributed by atoms with Gasteiger partial charge in [0.05, 0.1) is 5.02 Å². The van der Waals surface area contributed by atoms with Crippen molar-refractivity contribution in [3.05, 3.63) is 58.9 Å². The van der Waals surface area contributed by atoms with Gasteiger partial charge in [-0.3, -0.25) is 0 Å². The molecule has 0 saturated carbocycles. The van der Waals surface area contributed by atoms with Crippen LogP contribution in [0.15, 0.2) is 42.5 Å². The van der Waals surface area contributed by atoms with Crippen molar-refractivity contribution < 1.29 is 73.5 Å². The van der Waals surface area contributed by atoms with Crippen LogP contribution < -0.4 is 61.6 Å². The molecule has 0 aromatic heterocycles. The van der Waals surface area contributed by atoms with Gasteiger partial charge < -0.3 is 17.7 Å². The summed E-state index contributed by atoms with van der Waals surface area (Å²) in [7, 11) is 0. The Bertz CT molecular complexity index is 621. The average molecular weight is 343 g/mol. The van der Waals surface area contributed by atoms with Gasteiger partial charge in [0.15, 0.2) is 0 Å². The van der Waals surface area contributed by atoms with Crippen molar-refractivity contribution in [3.63, 3.8) is 0 Å². The van der Waals surface area contributed by atoms with Crippen molar-refractivity contribution in [1.82, 2.24) is 0 Å². The van der Waals surface area contributed by atoms with Gasteiger partial charge >= 0.3 is 58.4 Å². The summed E-state index contributed by atoms with van der Waals surface area (Å²) in [5, 5.41) is 0.168. The summed E-state index contributed by atoms with van der Waals surface area (Å²) in [6, 6.07) is 8.36. The maximum atomic E-state index is 12.8. The van der Waals surface area contributed by atoms with Crippen LogP contribution in [0.4, 0.5) is 17.3 Å². The number of ether oxygens (including phenoxy) is 1. The molecule has 0 unspecified atom stereocenters. The molecule has 2 rings (SSSR count). The Morgan fingerprint density at radius 3 is 2.38 bits per heavy atom. The molecule has 0 heterocycles. The minimum Gasteiger partial charge on any atom is -0.489 e. The van der Waals surface area contributed by atoms with Gasteiger partial charge in [0.25, 0.3) is 0 Å². The number of halogens is 5. The molecule has 0 N–H and O–H groups in total. The summed E-state index contributed by atoms with van der Waals surface area (Å²) in [5.41, 5.74) is -0.233. The third kappa shape index (κ3) is 5.58. The summed E-state index contributed by atoms with van der Waals surface area (Å²) in [6.07, 6.45) is 0. The van der Waals surface area contributed by atoms with Crippen LogP contribution in [0.2, 0.25) is 5.02 Å². The van der Waals surface area contributed by atoms with Gasteiger partial charge in [0, 0.05) is 5.56 Å². The number of hydrogen-bond acceptors (Lipinski definition) is 1. The third-order valence-electron chi connectivity index (χ3n) is 2.65. The van der Waals surface area contributed by atoms with Crippen molar-refractivity contribution in [2.24, 2.45) is 0 Å². The topological polar surface area (TPSA) is 9.23 Å². The van der Waals surface area contributed by atoms with Crippen LogP contribution in [0.5, 0.6) is 5.75 Å². The van der Waals surface area contributed by atoms with Gasteiger partial charge in [0.1, 0.15) is 18.2 Å². The van der Waals surface area contributed by atoms with E-state index in [1.54, 1.807) is 0 Å². The predicted molar refractivity (Wildman–Crippen MR) is 70.9 cm³/mol. The average Bonchev–Trinajstić information content (AvgIpc) is 2.37. The molecular weight excluding hydrogens is 333 g/mol. The Hall–Kier alpha value is -0.0487. The van der Waals surface area contributed by atoms with Crippen LogP contribution in [-0.4, -0.2) is 6.98 Å². The van der Waals surface area contributed by atoms with E-state index in [1.807, 2.05) is 0 Å². The molecule has 106 valence electrons. The van der Waals surface area contributed by atoms with E-state index in [2.05, 4.69) is 0 Å². The molecular formula is C13H9BClF4KO. The zero-order valence-electron chi connectivity index (χ0n) is 11.1. The maximum absolute atomic E-state index is 12.8. The zero-order valence-corrected chi connectivity index (χ0v) is 15.0. The van der Waals surface area contributed by atoms with Crippen LogP contribution in [0, 0.1) is 5.82 Å². The summed E-state index contributed by atoms with van der Waals surface area (Å²) in [5.74, 6) is -0.400. The Balaban J connectivity index is 0.00000220. The molecule has 0 spiro atoms. The second-order valence-corrected chi connectivity index (χ2v) is 4.58. The van der Waals surface area contributed by atoms with E-state index < -0.39 is 18.3 Å². The van der Waals surface area contributed by atoms with E-state index >= 15 is 0 Å². The second-order valence-electron chi connectivity index (χ2n) is 4.17. The van der Waals surface area contributed by atoms with E-state index in [9.17, 15) is 17.3 Å². The molecule has 0 atom stereocenters. The summed E-state index contributed by atoms with van der Waals surface area (Å²) in [6.45, 7) is -5.10. The van der Waals surface area contributed by atoms with E-state index in [4.69, 9.17) is 16.3 Å². The van der Waals surface area contributed by atoms with Crippen molar-refractivity contribution in [2.45, 2.75) is 6.61 Å². The molecule has 0 bridgehead atoms. The molecule has 0 saturated heterocycles. The maximum Gasteiger partial charge on any atom is 1.00 e. The molecule has 0 aliphatic rings. The second kappa shape index (κ2) is 7.99. The number of rotatable bonds is 4. The Morgan fingerprint density at radius 1 is 1.05 bits per heavy atom. The molecule has 0 aliphatic carbocycles. The third-order valence-corrected chi connectivity index (χ3v) is 3.00. The Kier molecular flexibility index (Phi) is 7.23. The zero-order chi connectivity index (χ0) is 14.8. The normalized spacial score (nSPS) is 10.9. The van der Waals surface area contributed by atoms with Gasteiger partial charge in [-0.1, -0.05) is 29.8 Å². The fourth-order valence-electron chi connectivity index (χ4n) is 1.61. The van der Waals surface area contributed by atoms with Crippen LogP contribution in [0.1, 0.15) is 5.56 Å². The summed E-state index contributed by atoms with van der Waals surface area (Å²) in [4.78, 5) is 0. The minimum atomic E-state index is -5.06. The van der Waals surface area contributed by atoms with Gasteiger partial charge in [-0.2, -0.15) is 0 Å².